The van der Waals surface area contributed by atoms with E-state index in [1.54, 1.807) is 23.9 Å². The molecule has 44 heavy (non-hydrogen) atoms. The lowest BCUT2D eigenvalue weighted by Crippen LogP contribution is -2.38. The van der Waals surface area contributed by atoms with Crippen LogP contribution in [0.15, 0.2) is 108 Å². The molecule has 1 aliphatic rings. The van der Waals surface area contributed by atoms with Gasteiger partial charge in [0.2, 0.25) is 0 Å². The van der Waals surface area contributed by atoms with Crippen molar-refractivity contribution in [2.24, 2.45) is 0 Å². The molecule has 2 amide bonds. The van der Waals surface area contributed by atoms with Crippen molar-refractivity contribution in [1.82, 2.24) is 10.6 Å². The van der Waals surface area contributed by atoms with Gasteiger partial charge in [-0.1, -0.05) is 78.9 Å². The summed E-state index contributed by atoms with van der Waals surface area (Å²) >= 11 is 1.61. The quantitative estimate of drug-likeness (QED) is 0.144. The molecule has 0 aliphatic carbocycles. The van der Waals surface area contributed by atoms with Gasteiger partial charge >= 0.3 is 12.0 Å². The number of nitrogens with one attached hydrogen (secondary N) is 2. The van der Waals surface area contributed by atoms with Crippen LogP contribution in [0, 0.1) is 0 Å². The normalized spacial score (nSPS) is 19.7. The first kappa shape index (κ1) is 31.3. The van der Waals surface area contributed by atoms with Gasteiger partial charge < -0.3 is 30.3 Å². The number of urea groups is 1. The number of carbonyl (C=O) groups is 2. The highest BCUT2D eigenvalue weighted by atomic mass is 32.2. The van der Waals surface area contributed by atoms with E-state index in [-0.39, 0.29) is 36.3 Å². The Morgan fingerprint density at radius 3 is 2.07 bits per heavy atom. The summed E-state index contributed by atoms with van der Waals surface area (Å²) in [6.07, 6.45) is -1.26. The Bertz CT molecular complexity index is 1510. The summed E-state index contributed by atoms with van der Waals surface area (Å²) < 4.78 is 13.5. The van der Waals surface area contributed by atoms with E-state index in [0.717, 1.165) is 32.7 Å². The van der Waals surface area contributed by atoms with E-state index >= 15 is 0 Å². The lowest BCUT2D eigenvalue weighted by Gasteiger charge is -2.43. The fraction of sp³-hybridized carbons (Fsp3) is 0.257. The second-order valence-corrected chi connectivity index (χ2v) is 11.6. The Morgan fingerprint density at radius 2 is 1.43 bits per heavy atom. The maximum absolute atomic E-state index is 11.8. The van der Waals surface area contributed by atoms with E-state index in [4.69, 9.17) is 9.47 Å². The Labute approximate surface area is 261 Å². The van der Waals surface area contributed by atoms with Crippen LogP contribution in [0.2, 0.25) is 0 Å². The van der Waals surface area contributed by atoms with Crippen molar-refractivity contribution in [3.8, 4) is 0 Å². The van der Waals surface area contributed by atoms with Crippen LogP contribution in [-0.4, -0.2) is 40.6 Å². The van der Waals surface area contributed by atoms with Crippen LogP contribution < -0.4 is 10.6 Å². The standard InChI is InChI=1S/C35H36N2O6S/c1-2-36-35(41)37-20-23-8-14-28(15-9-23)34-42-30(22-44-29-18-16-27(17-19-29)33(39)40)31(25-6-4-3-5-7-25)32(43-34)26-12-10-24(21-38)11-13-26/h3-19,30-32,34,38H,2,20-22H2,1H3,(H,39,40)(H2,36,37,41)/t30-,31-,32+,34?/m1/s1. The summed E-state index contributed by atoms with van der Waals surface area (Å²) in [6.45, 7) is 2.79. The molecule has 9 heteroatoms. The van der Waals surface area contributed by atoms with Crippen molar-refractivity contribution < 1.29 is 29.3 Å². The van der Waals surface area contributed by atoms with Gasteiger partial charge in [0.1, 0.15) is 0 Å². The van der Waals surface area contributed by atoms with Crippen LogP contribution in [0.5, 0.6) is 0 Å². The maximum atomic E-state index is 11.8. The number of carboxylic acids is 1. The number of carbonyl (C=O) groups excluding carboxylic acids is 1. The minimum Gasteiger partial charge on any atom is -0.478 e. The summed E-state index contributed by atoms with van der Waals surface area (Å²) in [5.41, 5.74) is 4.94. The molecular weight excluding hydrogens is 576 g/mol. The van der Waals surface area contributed by atoms with Crippen molar-refractivity contribution in [3.05, 3.63) is 137 Å². The number of carboxylic acid groups (broad SMARTS) is 1. The SMILES string of the molecule is CCNC(=O)NCc1ccc(C2O[C@H](CSc3ccc(C(=O)O)cc3)[C@@H](c3ccccc3)[C@H](c3ccc(CO)cc3)O2)cc1. The molecule has 1 aliphatic heterocycles. The number of hydrogen-bond acceptors (Lipinski definition) is 6. The molecule has 0 radical (unpaired) electrons. The van der Waals surface area contributed by atoms with E-state index in [1.807, 2.05) is 85.8 Å². The largest absolute Gasteiger partial charge is 0.478 e. The van der Waals surface area contributed by atoms with Gasteiger partial charge in [-0.05, 0) is 53.4 Å². The molecule has 5 rings (SSSR count). The average molecular weight is 613 g/mol. The zero-order valence-electron chi connectivity index (χ0n) is 24.4. The summed E-state index contributed by atoms with van der Waals surface area (Å²) in [4.78, 5) is 24.1. The second-order valence-electron chi connectivity index (χ2n) is 10.5. The summed E-state index contributed by atoms with van der Waals surface area (Å²) in [5.74, 6) is -0.493. The lowest BCUT2D eigenvalue weighted by atomic mass is 9.84. The minimum atomic E-state index is -0.956. The highest BCUT2D eigenvalue weighted by molar-refractivity contribution is 7.99. The molecule has 0 aromatic heterocycles. The molecule has 0 bridgehead atoms. The highest BCUT2D eigenvalue weighted by Crippen LogP contribution is 2.48. The molecule has 4 atom stereocenters. The average Bonchev–Trinajstić information content (AvgIpc) is 3.07. The van der Waals surface area contributed by atoms with Crippen LogP contribution in [-0.2, 0) is 22.6 Å². The molecule has 4 aromatic carbocycles. The number of aliphatic hydroxyl groups excluding tert-OH is 1. The second kappa shape index (κ2) is 15.0. The number of hydrogen-bond donors (Lipinski definition) is 4. The van der Waals surface area contributed by atoms with Crippen LogP contribution >= 0.6 is 11.8 Å². The van der Waals surface area contributed by atoms with E-state index < -0.39 is 12.3 Å². The number of benzene rings is 4. The molecule has 0 saturated carbocycles. The fourth-order valence-corrected chi connectivity index (χ4v) is 6.19. The molecular formula is C35H36N2O6S. The molecule has 4 N–H and O–H groups in total. The third-order valence-electron chi connectivity index (χ3n) is 7.53. The first-order valence-electron chi connectivity index (χ1n) is 14.6. The molecule has 1 heterocycles. The fourth-order valence-electron chi connectivity index (χ4n) is 5.22. The Balaban J connectivity index is 1.44. The summed E-state index contributed by atoms with van der Waals surface area (Å²) in [6, 6.07) is 32.5. The van der Waals surface area contributed by atoms with E-state index in [1.165, 1.54) is 0 Å². The molecule has 4 aromatic rings. The van der Waals surface area contributed by atoms with Crippen LogP contribution in [0.25, 0.3) is 0 Å². The number of rotatable bonds is 11. The van der Waals surface area contributed by atoms with Gasteiger partial charge in [-0.25, -0.2) is 9.59 Å². The Morgan fingerprint density at radius 1 is 0.773 bits per heavy atom. The van der Waals surface area contributed by atoms with Crippen LogP contribution in [0.4, 0.5) is 4.79 Å². The van der Waals surface area contributed by atoms with Gasteiger partial charge in [-0.3, -0.25) is 0 Å². The van der Waals surface area contributed by atoms with E-state index in [2.05, 4.69) is 22.8 Å². The van der Waals surface area contributed by atoms with Gasteiger partial charge in [0.05, 0.1) is 24.4 Å². The van der Waals surface area contributed by atoms with Gasteiger partial charge in [0.15, 0.2) is 6.29 Å². The first-order chi connectivity index (χ1) is 21.4. The molecule has 1 unspecified atom stereocenters. The molecule has 0 spiro atoms. The van der Waals surface area contributed by atoms with Crippen molar-refractivity contribution >= 4 is 23.8 Å². The zero-order valence-corrected chi connectivity index (χ0v) is 25.2. The molecule has 1 fully saturated rings. The third kappa shape index (κ3) is 7.86. The maximum Gasteiger partial charge on any atom is 0.335 e. The molecule has 8 nitrogen and oxygen atoms in total. The van der Waals surface area contributed by atoms with Gasteiger partial charge in [-0.15, -0.1) is 11.8 Å². The zero-order chi connectivity index (χ0) is 30.9. The number of aliphatic hydroxyl groups is 1. The Kier molecular flexibility index (Phi) is 10.7. The predicted octanol–water partition coefficient (Wildman–Crippen LogP) is 6.43. The summed E-state index contributed by atoms with van der Waals surface area (Å²) in [7, 11) is 0. The van der Waals surface area contributed by atoms with Crippen molar-refractivity contribution in [1.29, 1.82) is 0 Å². The first-order valence-corrected chi connectivity index (χ1v) is 15.6. The van der Waals surface area contributed by atoms with Gasteiger partial charge in [-0.2, -0.15) is 0 Å². The number of amides is 2. The van der Waals surface area contributed by atoms with Crippen LogP contribution in [0.3, 0.4) is 0 Å². The molecule has 1 saturated heterocycles. The van der Waals surface area contributed by atoms with Crippen molar-refractivity contribution in [2.75, 3.05) is 12.3 Å². The van der Waals surface area contributed by atoms with Crippen molar-refractivity contribution in [2.45, 2.75) is 49.4 Å². The Hall–Kier alpha value is -4.15. The topological polar surface area (TPSA) is 117 Å². The number of aromatic carboxylic acids is 1. The highest BCUT2D eigenvalue weighted by Gasteiger charge is 2.41. The number of ether oxygens (including phenoxy) is 2. The van der Waals surface area contributed by atoms with E-state index in [9.17, 15) is 19.8 Å². The monoisotopic (exact) mass is 612 g/mol. The van der Waals surface area contributed by atoms with Gasteiger partial charge in [0.25, 0.3) is 0 Å². The van der Waals surface area contributed by atoms with Crippen LogP contribution in [0.1, 0.15) is 63.4 Å². The smallest absolute Gasteiger partial charge is 0.335 e. The summed E-state index contributed by atoms with van der Waals surface area (Å²) in [5, 5.41) is 24.5. The lowest BCUT2D eigenvalue weighted by molar-refractivity contribution is -0.255. The number of thioether (sulfide) groups is 1. The van der Waals surface area contributed by atoms with Crippen molar-refractivity contribution in [3.63, 3.8) is 0 Å². The minimum absolute atomic E-state index is 0.0408. The third-order valence-corrected chi connectivity index (χ3v) is 8.63. The van der Waals surface area contributed by atoms with E-state index in [0.29, 0.717) is 18.8 Å². The van der Waals surface area contributed by atoms with Gasteiger partial charge in [0, 0.05) is 35.2 Å². The predicted molar refractivity (Wildman–Crippen MR) is 169 cm³/mol. The molecule has 228 valence electrons.